The molecule has 0 saturated carbocycles. The highest BCUT2D eigenvalue weighted by molar-refractivity contribution is 6.08. The lowest BCUT2D eigenvalue weighted by Gasteiger charge is -2.06. The second-order valence-electron chi connectivity index (χ2n) is 7.30. The van der Waals surface area contributed by atoms with Crippen molar-refractivity contribution < 1.29 is 4.79 Å². The van der Waals surface area contributed by atoms with E-state index in [1.165, 1.54) is 5.56 Å². The minimum Gasteiger partial charge on any atom is -0.305 e. The SMILES string of the molecule is Cc1ccc2nc3c(cc2c1)c(NC(=O)c1ccccc1)nn3CC(C)C. The van der Waals surface area contributed by atoms with E-state index < -0.39 is 0 Å². The van der Waals surface area contributed by atoms with E-state index in [1.54, 1.807) is 12.1 Å². The van der Waals surface area contributed by atoms with Crippen LogP contribution in [0.4, 0.5) is 5.82 Å². The van der Waals surface area contributed by atoms with Crippen LogP contribution in [0.3, 0.4) is 0 Å². The fourth-order valence-electron chi connectivity index (χ4n) is 3.21. The monoisotopic (exact) mass is 358 g/mol. The van der Waals surface area contributed by atoms with Crippen LogP contribution in [0.1, 0.15) is 29.8 Å². The number of carbonyl (C=O) groups is 1. The lowest BCUT2D eigenvalue weighted by Crippen LogP contribution is -2.13. The van der Waals surface area contributed by atoms with Crippen LogP contribution >= 0.6 is 0 Å². The fraction of sp³-hybridized carbons (Fsp3) is 0.227. The van der Waals surface area contributed by atoms with Crippen LogP contribution in [0.5, 0.6) is 0 Å². The van der Waals surface area contributed by atoms with Crippen molar-refractivity contribution in [3.05, 3.63) is 65.7 Å². The van der Waals surface area contributed by atoms with Gasteiger partial charge in [-0.05, 0) is 43.2 Å². The predicted molar refractivity (Wildman–Crippen MR) is 109 cm³/mol. The lowest BCUT2D eigenvalue weighted by molar-refractivity contribution is 0.102. The number of pyridine rings is 1. The molecule has 2 aromatic carbocycles. The van der Waals surface area contributed by atoms with Gasteiger partial charge < -0.3 is 5.32 Å². The van der Waals surface area contributed by atoms with Crippen molar-refractivity contribution >= 4 is 33.7 Å². The second-order valence-corrected chi connectivity index (χ2v) is 7.30. The molecule has 0 aliphatic carbocycles. The van der Waals surface area contributed by atoms with E-state index in [1.807, 2.05) is 28.9 Å². The van der Waals surface area contributed by atoms with Gasteiger partial charge in [0.25, 0.3) is 5.91 Å². The molecule has 4 rings (SSSR count). The standard InChI is InChI=1S/C22H22N4O/c1-14(2)13-26-21-18(12-17-11-15(3)9-10-19(17)23-21)20(25-26)24-22(27)16-7-5-4-6-8-16/h4-12,14H,13H2,1-3H3,(H,24,25,27). The summed E-state index contributed by atoms with van der Waals surface area (Å²) in [6.45, 7) is 7.08. The molecule has 0 fully saturated rings. The zero-order valence-corrected chi connectivity index (χ0v) is 15.7. The molecule has 27 heavy (non-hydrogen) atoms. The van der Waals surface area contributed by atoms with Gasteiger partial charge >= 0.3 is 0 Å². The number of anilines is 1. The molecular weight excluding hydrogens is 336 g/mol. The minimum atomic E-state index is -0.170. The van der Waals surface area contributed by atoms with Gasteiger partial charge in [0.2, 0.25) is 0 Å². The largest absolute Gasteiger partial charge is 0.305 e. The van der Waals surface area contributed by atoms with E-state index in [0.29, 0.717) is 17.3 Å². The van der Waals surface area contributed by atoms with Crippen LogP contribution in [0.15, 0.2) is 54.6 Å². The highest BCUT2D eigenvalue weighted by Gasteiger charge is 2.17. The zero-order valence-electron chi connectivity index (χ0n) is 15.7. The third-order valence-corrected chi connectivity index (χ3v) is 4.48. The molecule has 2 aromatic heterocycles. The van der Waals surface area contributed by atoms with E-state index in [9.17, 15) is 4.79 Å². The summed E-state index contributed by atoms with van der Waals surface area (Å²) in [6, 6.07) is 17.4. The third-order valence-electron chi connectivity index (χ3n) is 4.48. The van der Waals surface area contributed by atoms with Gasteiger partial charge in [-0.3, -0.25) is 4.79 Å². The first-order valence-electron chi connectivity index (χ1n) is 9.15. The van der Waals surface area contributed by atoms with Crippen LogP contribution in [0, 0.1) is 12.8 Å². The summed E-state index contributed by atoms with van der Waals surface area (Å²) < 4.78 is 1.89. The Balaban J connectivity index is 1.84. The molecular formula is C22H22N4O. The number of hydrogen-bond donors (Lipinski definition) is 1. The van der Waals surface area contributed by atoms with Crippen LogP contribution < -0.4 is 5.32 Å². The Hall–Kier alpha value is -3.21. The van der Waals surface area contributed by atoms with Gasteiger partial charge in [0.15, 0.2) is 11.5 Å². The van der Waals surface area contributed by atoms with Crippen molar-refractivity contribution in [3.8, 4) is 0 Å². The molecule has 0 radical (unpaired) electrons. The first kappa shape index (κ1) is 17.2. The van der Waals surface area contributed by atoms with Crippen molar-refractivity contribution in [2.75, 3.05) is 5.32 Å². The van der Waals surface area contributed by atoms with Crippen LogP contribution in [-0.4, -0.2) is 20.7 Å². The maximum Gasteiger partial charge on any atom is 0.256 e. The smallest absolute Gasteiger partial charge is 0.256 e. The molecule has 0 atom stereocenters. The average Bonchev–Trinajstić information content (AvgIpc) is 2.96. The topological polar surface area (TPSA) is 59.8 Å². The molecule has 1 amide bonds. The number of hydrogen-bond acceptors (Lipinski definition) is 3. The lowest BCUT2D eigenvalue weighted by atomic mass is 10.1. The van der Waals surface area contributed by atoms with Crippen molar-refractivity contribution in [3.63, 3.8) is 0 Å². The second kappa shape index (κ2) is 6.83. The first-order valence-corrected chi connectivity index (χ1v) is 9.15. The maximum absolute atomic E-state index is 12.6. The molecule has 1 N–H and O–H groups in total. The van der Waals surface area contributed by atoms with E-state index in [-0.39, 0.29) is 5.91 Å². The number of benzene rings is 2. The summed E-state index contributed by atoms with van der Waals surface area (Å²) in [6.07, 6.45) is 0. The Morgan fingerprint density at radius 2 is 1.89 bits per heavy atom. The molecule has 0 aliphatic rings. The Kier molecular flexibility index (Phi) is 4.36. The Bertz CT molecular complexity index is 1130. The van der Waals surface area contributed by atoms with E-state index in [0.717, 1.165) is 28.5 Å². The molecule has 0 bridgehead atoms. The Morgan fingerprint density at radius 3 is 2.63 bits per heavy atom. The molecule has 4 aromatic rings. The van der Waals surface area contributed by atoms with Crippen molar-refractivity contribution in [2.24, 2.45) is 5.92 Å². The van der Waals surface area contributed by atoms with Crippen LogP contribution in [-0.2, 0) is 6.54 Å². The van der Waals surface area contributed by atoms with Gasteiger partial charge in [0, 0.05) is 17.5 Å². The molecule has 5 heteroatoms. The number of carbonyl (C=O) groups excluding carboxylic acids is 1. The zero-order chi connectivity index (χ0) is 19.0. The quantitative estimate of drug-likeness (QED) is 0.570. The average molecular weight is 358 g/mol. The minimum absolute atomic E-state index is 0.170. The summed E-state index contributed by atoms with van der Waals surface area (Å²) in [4.78, 5) is 17.4. The summed E-state index contributed by atoms with van der Waals surface area (Å²) in [5.74, 6) is 0.799. The van der Waals surface area contributed by atoms with E-state index in [4.69, 9.17) is 4.98 Å². The molecule has 5 nitrogen and oxygen atoms in total. The highest BCUT2D eigenvalue weighted by Crippen LogP contribution is 2.27. The number of rotatable bonds is 4. The predicted octanol–water partition coefficient (Wildman–Crippen LogP) is 4.80. The number of fused-ring (bicyclic) bond motifs is 2. The molecule has 136 valence electrons. The first-order chi connectivity index (χ1) is 13.0. The van der Waals surface area contributed by atoms with Crippen molar-refractivity contribution in [1.29, 1.82) is 0 Å². The fourth-order valence-corrected chi connectivity index (χ4v) is 3.21. The number of nitrogens with one attached hydrogen (secondary N) is 1. The number of nitrogens with zero attached hydrogens (tertiary/aromatic N) is 3. The highest BCUT2D eigenvalue weighted by atomic mass is 16.1. The van der Waals surface area contributed by atoms with Gasteiger partial charge in [-0.25, -0.2) is 9.67 Å². The number of aryl methyl sites for hydroxylation is 1. The number of aromatic nitrogens is 3. The number of amides is 1. The molecule has 0 saturated heterocycles. The summed E-state index contributed by atoms with van der Waals surface area (Å²) in [5.41, 5.74) is 3.50. The van der Waals surface area contributed by atoms with E-state index >= 15 is 0 Å². The van der Waals surface area contributed by atoms with E-state index in [2.05, 4.69) is 49.4 Å². The molecule has 0 spiro atoms. The maximum atomic E-state index is 12.6. The van der Waals surface area contributed by atoms with Gasteiger partial charge in [0.05, 0.1) is 10.9 Å². The summed E-state index contributed by atoms with van der Waals surface area (Å²) in [5, 5.41) is 9.53. The van der Waals surface area contributed by atoms with Gasteiger partial charge in [0.1, 0.15) is 0 Å². The van der Waals surface area contributed by atoms with Gasteiger partial charge in [-0.1, -0.05) is 43.7 Å². The summed E-state index contributed by atoms with van der Waals surface area (Å²) >= 11 is 0. The van der Waals surface area contributed by atoms with Crippen LogP contribution in [0.2, 0.25) is 0 Å². The molecule has 0 aliphatic heterocycles. The van der Waals surface area contributed by atoms with Gasteiger partial charge in [-0.15, -0.1) is 0 Å². The molecule has 0 unspecified atom stereocenters. The van der Waals surface area contributed by atoms with Crippen molar-refractivity contribution in [1.82, 2.24) is 14.8 Å². The molecule has 2 heterocycles. The third kappa shape index (κ3) is 3.40. The van der Waals surface area contributed by atoms with Crippen LogP contribution in [0.25, 0.3) is 21.9 Å². The Labute approximate surface area is 158 Å². The Morgan fingerprint density at radius 1 is 1.11 bits per heavy atom. The van der Waals surface area contributed by atoms with Gasteiger partial charge in [-0.2, -0.15) is 5.10 Å². The normalized spacial score (nSPS) is 11.4. The van der Waals surface area contributed by atoms with Crippen molar-refractivity contribution in [2.45, 2.75) is 27.3 Å². The summed E-state index contributed by atoms with van der Waals surface area (Å²) in [7, 11) is 0.